The molecule has 0 heterocycles. The minimum atomic E-state index is -1.28. The smallest absolute Gasteiger partial charge is 0.335 e. The van der Waals surface area contributed by atoms with Gasteiger partial charge in [0.05, 0.1) is 29.1 Å². The minimum Gasteiger partial charge on any atom is -0.497 e. The van der Waals surface area contributed by atoms with Crippen LogP contribution in [-0.2, 0) is 4.79 Å². The van der Waals surface area contributed by atoms with Crippen molar-refractivity contribution in [1.29, 1.82) is 0 Å². The van der Waals surface area contributed by atoms with Crippen molar-refractivity contribution in [3.8, 4) is 5.75 Å². The second kappa shape index (κ2) is 7.99. The lowest BCUT2D eigenvalue weighted by atomic mass is 10.1. The van der Waals surface area contributed by atoms with Crippen molar-refractivity contribution in [3.05, 3.63) is 76.8 Å². The minimum absolute atomic E-state index is 0.0953. The number of benzene rings is 2. The molecular formula is C18H15ClF2N2O3. The molecule has 0 amide bonds. The van der Waals surface area contributed by atoms with Gasteiger partial charge in [0, 0.05) is 11.6 Å². The van der Waals surface area contributed by atoms with Crippen LogP contribution in [0.1, 0.15) is 5.56 Å². The van der Waals surface area contributed by atoms with Crippen LogP contribution in [0.3, 0.4) is 0 Å². The Balaban J connectivity index is 2.61. The standard InChI is InChI=1S/C18H15ClF2N2O3/c1-10(18(24)25)5-17(11-6-12(20)8-14(7-11)26-2)23(22)13-3-4-16(21)15(19)9-13/h3-9H,1,22H2,2H3,(H,24,25)/b17-5-. The first-order valence-electron chi connectivity index (χ1n) is 7.21. The van der Waals surface area contributed by atoms with Gasteiger partial charge in [-0.1, -0.05) is 18.2 Å². The Kier molecular flexibility index (Phi) is 5.97. The first-order chi connectivity index (χ1) is 12.2. The van der Waals surface area contributed by atoms with Gasteiger partial charge in [0.15, 0.2) is 0 Å². The molecular weight excluding hydrogens is 366 g/mol. The lowest BCUT2D eigenvalue weighted by molar-refractivity contribution is -0.132. The Labute approximate surface area is 153 Å². The Morgan fingerprint density at radius 1 is 1.31 bits per heavy atom. The highest BCUT2D eigenvalue weighted by molar-refractivity contribution is 6.31. The first kappa shape index (κ1) is 19.4. The number of carboxylic acid groups (broad SMARTS) is 1. The van der Waals surface area contributed by atoms with E-state index in [2.05, 4.69) is 6.58 Å². The number of anilines is 1. The van der Waals surface area contributed by atoms with E-state index < -0.39 is 17.6 Å². The number of nitrogens with zero attached hydrogens (tertiary/aromatic N) is 1. The Bertz CT molecular complexity index is 900. The fourth-order valence-corrected chi connectivity index (χ4v) is 2.30. The van der Waals surface area contributed by atoms with E-state index in [1.54, 1.807) is 0 Å². The van der Waals surface area contributed by atoms with Crippen molar-refractivity contribution < 1.29 is 23.4 Å². The van der Waals surface area contributed by atoms with Crippen molar-refractivity contribution in [3.63, 3.8) is 0 Å². The Morgan fingerprint density at radius 3 is 2.58 bits per heavy atom. The molecule has 0 aliphatic rings. The number of hydrazine groups is 1. The van der Waals surface area contributed by atoms with Gasteiger partial charge in [-0.2, -0.15) is 0 Å². The van der Waals surface area contributed by atoms with Gasteiger partial charge < -0.3 is 9.84 Å². The highest BCUT2D eigenvalue weighted by Gasteiger charge is 2.16. The molecule has 0 unspecified atom stereocenters. The number of carboxylic acids is 1. The summed E-state index contributed by atoms with van der Waals surface area (Å²) in [5.41, 5.74) is 0.293. The number of hydrogen-bond acceptors (Lipinski definition) is 4. The molecule has 8 heteroatoms. The largest absolute Gasteiger partial charge is 0.497 e. The molecule has 0 aromatic heterocycles. The maximum absolute atomic E-state index is 13.9. The molecule has 2 aromatic carbocycles. The molecule has 2 aromatic rings. The van der Waals surface area contributed by atoms with Crippen LogP contribution < -0.4 is 15.6 Å². The van der Waals surface area contributed by atoms with E-state index >= 15 is 0 Å². The van der Waals surface area contributed by atoms with Crippen molar-refractivity contribution in [1.82, 2.24) is 0 Å². The summed E-state index contributed by atoms with van der Waals surface area (Å²) in [6.45, 7) is 3.42. The quantitative estimate of drug-likeness (QED) is 0.343. The molecule has 5 nitrogen and oxygen atoms in total. The number of ether oxygens (including phenoxy) is 1. The summed E-state index contributed by atoms with van der Waals surface area (Å²) in [7, 11) is 1.36. The highest BCUT2D eigenvalue weighted by atomic mass is 35.5. The second-order valence-corrected chi connectivity index (χ2v) is 5.62. The average molecular weight is 381 g/mol. The number of methoxy groups -OCH3 is 1. The summed E-state index contributed by atoms with van der Waals surface area (Å²) in [5, 5.41) is 9.97. The second-order valence-electron chi connectivity index (χ2n) is 5.21. The third-order valence-corrected chi connectivity index (χ3v) is 3.72. The first-order valence-corrected chi connectivity index (χ1v) is 7.59. The van der Waals surface area contributed by atoms with Crippen LogP contribution in [-0.4, -0.2) is 18.2 Å². The van der Waals surface area contributed by atoms with E-state index in [9.17, 15) is 13.6 Å². The van der Waals surface area contributed by atoms with Crippen LogP contribution in [0.4, 0.5) is 14.5 Å². The molecule has 0 aliphatic heterocycles. The van der Waals surface area contributed by atoms with Crippen molar-refractivity contribution in [2.24, 2.45) is 5.84 Å². The monoisotopic (exact) mass is 380 g/mol. The van der Waals surface area contributed by atoms with Gasteiger partial charge in [-0.15, -0.1) is 0 Å². The lowest BCUT2D eigenvalue weighted by Gasteiger charge is -2.23. The summed E-state index contributed by atoms with van der Waals surface area (Å²) in [6.07, 6.45) is 1.16. The Morgan fingerprint density at radius 2 is 2.00 bits per heavy atom. The number of halogens is 3. The predicted octanol–water partition coefficient (Wildman–Crippen LogP) is 3.99. The van der Waals surface area contributed by atoms with Gasteiger partial charge in [-0.05, 0) is 36.4 Å². The Hall–Kier alpha value is -2.90. The van der Waals surface area contributed by atoms with Gasteiger partial charge in [0.2, 0.25) is 0 Å². The van der Waals surface area contributed by atoms with Crippen molar-refractivity contribution >= 4 is 29.0 Å². The van der Waals surface area contributed by atoms with Crippen LogP contribution in [0.2, 0.25) is 5.02 Å². The number of aliphatic carboxylic acids is 1. The van der Waals surface area contributed by atoms with E-state index in [0.717, 1.165) is 29.3 Å². The number of nitrogens with two attached hydrogens (primary N) is 1. The highest BCUT2D eigenvalue weighted by Crippen LogP contribution is 2.30. The summed E-state index contributed by atoms with van der Waals surface area (Å²) in [5.74, 6) is 3.74. The molecule has 0 spiro atoms. The molecule has 2 rings (SSSR count). The van der Waals surface area contributed by atoms with E-state index in [4.69, 9.17) is 27.3 Å². The van der Waals surface area contributed by atoms with Gasteiger partial charge in [0.1, 0.15) is 17.4 Å². The van der Waals surface area contributed by atoms with Gasteiger partial charge in [-0.3, -0.25) is 5.01 Å². The van der Waals surface area contributed by atoms with E-state index in [1.807, 2.05) is 0 Å². The van der Waals surface area contributed by atoms with E-state index in [0.29, 0.717) is 0 Å². The normalized spacial score (nSPS) is 11.2. The van der Waals surface area contributed by atoms with Crippen LogP contribution in [0, 0.1) is 11.6 Å². The maximum atomic E-state index is 13.9. The summed E-state index contributed by atoms with van der Waals surface area (Å²) >= 11 is 5.77. The van der Waals surface area contributed by atoms with Crippen molar-refractivity contribution in [2.45, 2.75) is 0 Å². The van der Waals surface area contributed by atoms with Crippen LogP contribution in [0.5, 0.6) is 5.75 Å². The van der Waals surface area contributed by atoms with Crippen LogP contribution in [0.25, 0.3) is 5.70 Å². The topological polar surface area (TPSA) is 75.8 Å². The molecule has 0 aliphatic carbocycles. The number of rotatable bonds is 6. The lowest BCUT2D eigenvalue weighted by Crippen LogP contribution is -2.29. The van der Waals surface area contributed by atoms with Crippen LogP contribution in [0.15, 0.2) is 54.6 Å². The van der Waals surface area contributed by atoms with Gasteiger partial charge in [-0.25, -0.2) is 19.4 Å². The zero-order valence-electron chi connectivity index (χ0n) is 13.7. The SMILES string of the molecule is C=C(/C=C(/c1cc(F)cc(OC)c1)N(N)c1ccc(F)c(Cl)c1)C(=O)O. The molecule has 0 saturated carbocycles. The summed E-state index contributed by atoms with van der Waals surface area (Å²) in [4.78, 5) is 11.1. The number of hydrogen-bond donors (Lipinski definition) is 2. The average Bonchev–Trinajstić information content (AvgIpc) is 2.60. The molecule has 0 bridgehead atoms. The third kappa shape index (κ3) is 4.38. The molecule has 136 valence electrons. The molecule has 26 heavy (non-hydrogen) atoms. The molecule has 0 saturated heterocycles. The van der Waals surface area contributed by atoms with Gasteiger partial charge in [0.25, 0.3) is 0 Å². The fourth-order valence-electron chi connectivity index (χ4n) is 2.12. The van der Waals surface area contributed by atoms with E-state index in [1.165, 1.54) is 25.3 Å². The maximum Gasteiger partial charge on any atom is 0.335 e. The van der Waals surface area contributed by atoms with Crippen molar-refractivity contribution in [2.75, 3.05) is 12.1 Å². The predicted molar refractivity (Wildman–Crippen MR) is 95.8 cm³/mol. The van der Waals surface area contributed by atoms with Crippen LogP contribution >= 0.6 is 11.6 Å². The summed E-state index contributed by atoms with van der Waals surface area (Å²) in [6, 6.07) is 7.47. The molecule has 0 atom stereocenters. The fraction of sp³-hybridized carbons (Fsp3) is 0.0556. The van der Waals surface area contributed by atoms with Gasteiger partial charge >= 0.3 is 5.97 Å². The molecule has 0 fully saturated rings. The zero-order chi connectivity index (χ0) is 19.4. The summed E-state index contributed by atoms with van der Waals surface area (Å²) < 4.78 is 32.3. The molecule has 0 radical (unpaired) electrons. The number of carbonyl (C=O) groups is 1. The zero-order valence-corrected chi connectivity index (χ0v) is 14.4. The molecule has 3 N–H and O–H groups in total. The third-order valence-electron chi connectivity index (χ3n) is 3.43. The van der Waals surface area contributed by atoms with E-state index in [-0.39, 0.29) is 33.3 Å².